The number of fused-ring (bicyclic) bond motifs is 1. The third kappa shape index (κ3) is 3.70. The van der Waals surface area contributed by atoms with E-state index in [9.17, 15) is 14.9 Å². The summed E-state index contributed by atoms with van der Waals surface area (Å²) >= 11 is 0. The first-order chi connectivity index (χ1) is 13.0. The number of hydrogen-bond acceptors (Lipinski definition) is 5. The molecule has 1 amide bonds. The van der Waals surface area contributed by atoms with E-state index in [-0.39, 0.29) is 17.0 Å². The van der Waals surface area contributed by atoms with Gasteiger partial charge in [-0.2, -0.15) is 10.2 Å². The highest BCUT2D eigenvalue weighted by atomic mass is 16.5. The Morgan fingerprint density at radius 2 is 2.11 bits per heavy atom. The quantitative estimate of drug-likeness (QED) is 0.569. The van der Waals surface area contributed by atoms with Crippen molar-refractivity contribution in [3.05, 3.63) is 75.7 Å². The lowest BCUT2D eigenvalue weighted by Crippen LogP contribution is -2.22. The average Bonchev–Trinajstić information content (AvgIpc) is 2.67. The molecule has 0 unspecified atom stereocenters. The topological polar surface area (TPSA) is 96.5 Å². The Bertz CT molecular complexity index is 1160. The van der Waals surface area contributed by atoms with Crippen LogP contribution in [-0.2, 0) is 4.79 Å². The number of nitriles is 1. The highest BCUT2D eigenvalue weighted by Crippen LogP contribution is 2.24. The zero-order valence-electron chi connectivity index (χ0n) is 14.8. The van der Waals surface area contributed by atoms with E-state index in [1.165, 1.54) is 17.5 Å². The van der Waals surface area contributed by atoms with Crippen molar-refractivity contribution in [1.82, 2.24) is 14.7 Å². The Morgan fingerprint density at radius 1 is 1.30 bits per heavy atom. The normalized spacial score (nSPS) is 11.1. The zero-order chi connectivity index (χ0) is 19.4. The highest BCUT2D eigenvalue weighted by molar-refractivity contribution is 6.01. The summed E-state index contributed by atoms with van der Waals surface area (Å²) in [5.41, 5.74) is 0.715. The second-order valence-corrected chi connectivity index (χ2v) is 5.73. The van der Waals surface area contributed by atoms with Crippen molar-refractivity contribution in [1.29, 1.82) is 5.26 Å². The van der Waals surface area contributed by atoms with Gasteiger partial charge < -0.3 is 10.1 Å². The molecule has 0 fully saturated rings. The van der Waals surface area contributed by atoms with Gasteiger partial charge in [0, 0.05) is 13.2 Å². The number of carbonyl (C=O) groups is 1. The fourth-order valence-electron chi connectivity index (χ4n) is 2.50. The third-order valence-electron chi connectivity index (χ3n) is 3.82. The summed E-state index contributed by atoms with van der Waals surface area (Å²) in [6, 6.07) is 14.2. The highest BCUT2D eigenvalue weighted by Gasteiger charge is 2.16. The Balaban J connectivity index is 2.24. The van der Waals surface area contributed by atoms with Crippen molar-refractivity contribution in [3.8, 4) is 17.7 Å². The van der Waals surface area contributed by atoms with Crippen molar-refractivity contribution in [2.45, 2.75) is 6.92 Å². The standard InChI is InChI=1S/C20H16N4O3/c1-13-6-5-7-15(10-13)27-19-16(11-14(12-21)18(25)22-2)20(26)24-9-4-3-8-17(24)23-19/h3-11H,1-2H3,(H,22,25). The van der Waals surface area contributed by atoms with Gasteiger partial charge in [0.15, 0.2) is 0 Å². The SMILES string of the molecule is CNC(=O)C(C#N)=Cc1c(Oc2cccc(C)c2)nc2ccccn2c1=O. The second-order valence-electron chi connectivity index (χ2n) is 5.73. The average molecular weight is 360 g/mol. The van der Waals surface area contributed by atoms with Crippen molar-refractivity contribution < 1.29 is 9.53 Å². The van der Waals surface area contributed by atoms with Crippen LogP contribution in [0.2, 0.25) is 0 Å². The van der Waals surface area contributed by atoms with Gasteiger partial charge in [-0.15, -0.1) is 0 Å². The molecular weight excluding hydrogens is 344 g/mol. The number of pyridine rings is 1. The van der Waals surface area contributed by atoms with Gasteiger partial charge in [0.2, 0.25) is 5.88 Å². The van der Waals surface area contributed by atoms with E-state index < -0.39 is 11.5 Å². The number of hydrogen-bond donors (Lipinski definition) is 1. The van der Waals surface area contributed by atoms with Crippen LogP contribution in [0.15, 0.2) is 59.0 Å². The van der Waals surface area contributed by atoms with E-state index in [0.29, 0.717) is 11.4 Å². The van der Waals surface area contributed by atoms with E-state index in [4.69, 9.17) is 4.74 Å². The monoisotopic (exact) mass is 360 g/mol. The molecule has 3 aromatic rings. The van der Waals surface area contributed by atoms with Gasteiger partial charge in [-0.1, -0.05) is 18.2 Å². The van der Waals surface area contributed by atoms with E-state index in [1.54, 1.807) is 42.6 Å². The molecule has 0 aliphatic carbocycles. The number of nitrogens with one attached hydrogen (secondary N) is 1. The van der Waals surface area contributed by atoms with Crippen LogP contribution < -0.4 is 15.6 Å². The lowest BCUT2D eigenvalue weighted by Gasteiger charge is -2.10. The van der Waals surface area contributed by atoms with Crippen molar-refractivity contribution in [2.75, 3.05) is 7.05 Å². The van der Waals surface area contributed by atoms with Crippen LogP contribution in [0, 0.1) is 18.3 Å². The molecule has 0 bridgehead atoms. The molecule has 0 saturated carbocycles. The number of aryl methyl sites for hydroxylation is 1. The molecule has 0 saturated heterocycles. The molecule has 0 aliphatic heterocycles. The molecular formula is C20H16N4O3. The van der Waals surface area contributed by atoms with Gasteiger partial charge in [0.05, 0.1) is 0 Å². The molecule has 27 heavy (non-hydrogen) atoms. The number of rotatable bonds is 4. The molecule has 0 radical (unpaired) electrons. The predicted molar refractivity (Wildman–Crippen MR) is 100 cm³/mol. The van der Waals surface area contributed by atoms with Gasteiger partial charge in [-0.3, -0.25) is 14.0 Å². The third-order valence-corrected chi connectivity index (χ3v) is 3.82. The molecule has 0 spiro atoms. The van der Waals surface area contributed by atoms with Crippen LogP contribution >= 0.6 is 0 Å². The van der Waals surface area contributed by atoms with Crippen LogP contribution in [0.25, 0.3) is 11.7 Å². The summed E-state index contributed by atoms with van der Waals surface area (Å²) in [6.07, 6.45) is 2.75. The largest absolute Gasteiger partial charge is 0.438 e. The summed E-state index contributed by atoms with van der Waals surface area (Å²) < 4.78 is 7.16. The van der Waals surface area contributed by atoms with Gasteiger partial charge in [-0.25, -0.2) is 0 Å². The Hall–Kier alpha value is -3.92. The lowest BCUT2D eigenvalue weighted by atomic mass is 10.1. The van der Waals surface area contributed by atoms with Crippen LogP contribution in [0.3, 0.4) is 0 Å². The van der Waals surface area contributed by atoms with Crippen molar-refractivity contribution in [3.63, 3.8) is 0 Å². The zero-order valence-corrected chi connectivity index (χ0v) is 14.8. The van der Waals surface area contributed by atoms with Crippen molar-refractivity contribution in [2.24, 2.45) is 0 Å². The number of nitrogens with zero attached hydrogens (tertiary/aromatic N) is 3. The van der Waals surface area contributed by atoms with E-state index in [2.05, 4.69) is 10.3 Å². The number of aromatic nitrogens is 2. The molecule has 1 aromatic carbocycles. The summed E-state index contributed by atoms with van der Waals surface area (Å²) in [4.78, 5) is 29.2. The minimum Gasteiger partial charge on any atom is -0.438 e. The number of amides is 1. The molecule has 134 valence electrons. The molecule has 0 aliphatic rings. The number of carbonyl (C=O) groups excluding carboxylic acids is 1. The van der Waals surface area contributed by atoms with Gasteiger partial charge >= 0.3 is 0 Å². The Labute approximate surface area is 155 Å². The predicted octanol–water partition coefficient (Wildman–Crippen LogP) is 2.45. The molecule has 7 heteroatoms. The molecule has 0 atom stereocenters. The minimum absolute atomic E-state index is 0.0142. The number of ether oxygens (including phenoxy) is 1. The fourth-order valence-corrected chi connectivity index (χ4v) is 2.50. The van der Waals surface area contributed by atoms with Gasteiger partial charge in [0.25, 0.3) is 11.5 Å². The first kappa shape index (κ1) is 17.9. The molecule has 1 N–H and O–H groups in total. The molecule has 2 heterocycles. The maximum absolute atomic E-state index is 12.9. The van der Waals surface area contributed by atoms with Crippen LogP contribution in [0.1, 0.15) is 11.1 Å². The smallest absolute Gasteiger partial charge is 0.269 e. The van der Waals surface area contributed by atoms with Crippen LogP contribution in [0.4, 0.5) is 0 Å². The number of benzene rings is 1. The Kier molecular flexibility index (Phi) is 4.99. The van der Waals surface area contributed by atoms with E-state index in [0.717, 1.165) is 5.56 Å². The van der Waals surface area contributed by atoms with Crippen molar-refractivity contribution >= 4 is 17.6 Å². The summed E-state index contributed by atoms with van der Waals surface area (Å²) in [5.74, 6) is -0.0831. The summed E-state index contributed by atoms with van der Waals surface area (Å²) in [5, 5.41) is 11.6. The fraction of sp³-hybridized carbons (Fsp3) is 0.100. The molecule has 3 rings (SSSR count). The maximum atomic E-state index is 12.9. The van der Waals surface area contributed by atoms with Gasteiger partial charge in [-0.05, 0) is 42.8 Å². The first-order valence-electron chi connectivity index (χ1n) is 8.13. The number of likely N-dealkylation sites (N-methyl/N-ethyl adjacent to an activating group) is 1. The first-order valence-corrected chi connectivity index (χ1v) is 8.13. The Morgan fingerprint density at radius 3 is 2.81 bits per heavy atom. The molecule has 2 aromatic heterocycles. The van der Waals surface area contributed by atoms with E-state index in [1.807, 2.05) is 19.1 Å². The van der Waals surface area contributed by atoms with Gasteiger partial charge in [0.1, 0.15) is 28.6 Å². The second kappa shape index (κ2) is 7.54. The maximum Gasteiger partial charge on any atom is 0.269 e. The van der Waals surface area contributed by atoms with E-state index >= 15 is 0 Å². The minimum atomic E-state index is -0.600. The van der Waals surface area contributed by atoms with Crippen LogP contribution in [-0.4, -0.2) is 22.3 Å². The summed E-state index contributed by atoms with van der Waals surface area (Å²) in [6.45, 7) is 1.91. The summed E-state index contributed by atoms with van der Waals surface area (Å²) in [7, 11) is 1.41. The van der Waals surface area contributed by atoms with Crippen LogP contribution in [0.5, 0.6) is 11.6 Å². The lowest BCUT2D eigenvalue weighted by molar-refractivity contribution is -0.116. The molecule has 7 nitrogen and oxygen atoms in total.